The molecular weight excluding hydrogens is 283 g/mol. The van der Waals surface area contributed by atoms with Crippen LogP contribution in [-0.4, -0.2) is 39.0 Å². The number of ether oxygens (including phenoxy) is 1. The Morgan fingerprint density at radius 2 is 2.10 bits per heavy atom. The quantitative estimate of drug-likeness (QED) is 0.825. The van der Waals surface area contributed by atoms with E-state index in [0.717, 1.165) is 6.07 Å². The summed E-state index contributed by atoms with van der Waals surface area (Å²) in [7, 11) is -2.42. The van der Waals surface area contributed by atoms with Crippen molar-refractivity contribution in [2.75, 3.05) is 20.3 Å². The molecule has 0 fully saturated rings. The zero-order valence-electron chi connectivity index (χ0n) is 12.0. The lowest BCUT2D eigenvalue weighted by Crippen LogP contribution is -2.41. The molecule has 1 unspecified atom stereocenters. The van der Waals surface area contributed by atoms with E-state index in [-0.39, 0.29) is 30.6 Å². The van der Waals surface area contributed by atoms with Gasteiger partial charge in [-0.05, 0) is 24.6 Å². The largest absolute Gasteiger partial charge is 0.383 e. The molecule has 1 aromatic carbocycles. The van der Waals surface area contributed by atoms with Gasteiger partial charge in [0, 0.05) is 26.2 Å². The molecule has 0 spiro atoms. The summed E-state index contributed by atoms with van der Waals surface area (Å²) >= 11 is 0. The van der Waals surface area contributed by atoms with Crippen molar-refractivity contribution in [2.45, 2.75) is 31.3 Å². The highest BCUT2D eigenvalue weighted by Gasteiger charge is 2.30. The number of nitrogens with zero attached hydrogens (tertiary/aromatic N) is 1. The van der Waals surface area contributed by atoms with Gasteiger partial charge >= 0.3 is 0 Å². The predicted molar refractivity (Wildman–Crippen MR) is 75.2 cm³/mol. The second-order valence-electron chi connectivity index (χ2n) is 4.48. The smallest absolute Gasteiger partial charge is 0.246 e. The standard InChI is InChI=1S/C13H21FN2O3S/c1-4-16(10(2)9-19-3)20(17,18)13-7-11(8-15)5-6-12(13)14/h5-7,10H,4,8-9,15H2,1-3H3. The first-order valence-electron chi connectivity index (χ1n) is 6.37. The van der Waals surface area contributed by atoms with E-state index in [0.29, 0.717) is 5.56 Å². The lowest BCUT2D eigenvalue weighted by Gasteiger charge is -2.27. The van der Waals surface area contributed by atoms with Crippen molar-refractivity contribution in [3.05, 3.63) is 29.6 Å². The van der Waals surface area contributed by atoms with E-state index in [9.17, 15) is 12.8 Å². The Kier molecular flexibility index (Phi) is 6.07. The van der Waals surface area contributed by atoms with Gasteiger partial charge in [-0.3, -0.25) is 0 Å². The van der Waals surface area contributed by atoms with Crippen LogP contribution in [0.25, 0.3) is 0 Å². The highest BCUT2D eigenvalue weighted by molar-refractivity contribution is 7.89. The van der Waals surface area contributed by atoms with Crippen molar-refractivity contribution in [3.63, 3.8) is 0 Å². The van der Waals surface area contributed by atoms with E-state index in [2.05, 4.69) is 0 Å². The van der Waals surface area contributed by atoms with E-state index < -0.39 is 15.8 Å². The summed E-state index contributed by atoms with van der Waals surface area (Å²) < 4.78 is 45.2. The molecule has 0 aliphatic carbocycles. The Labute approximate surface area is 119 Å². The van der Waals surface area contributed by atoms with Gasteiger partial charge in [0.05, 0.1) is 6.61 Å². The molecule has 7 heteroatoms. The molecule has 0 heterocycles. The third-order valence-corrected chi connectivity index (χ3v) is 5.13. The third-order valence-electron chi connectivity index (χ3n) is 3.03. The number of halogens is 1. The average Bonchev–Trinajstić information content (AvgIpc) is 2.39. The molecule has 0 aromatic heterocycles. The highest BCUT2D eigenvalue weighted by atomic mass is 32.2. The van der Waals surface area contributed by atoms with Gasteiger partial charge in [-0.25, -0.2) is 12.8 Å². The first-order chi connectivity index (χ1) is 9.38. The van der Waals surface area contributed by atoms with E-state index in [1.807, 2.05) is 0 Å². The van der Waals surface area contributed by atoms with Crippen LogP contribution in [0.5, 0.6) is 0 Å². The minimum Gasteiger partial charge on any atom is -0.383 e. The number of hydrogen-bond acceptors (Lipinski definition) is 4. The number of nitrogens with two attached hydrogens (primary N) is 1. The van der Waals surface area contributed by atoms with Crippen molar-refractivity contribution in [2.24, 2.45) is 5.73 Å². The summed E-state index contributed by atoms with van der Waals surface area (Å²) in [5, 5.41) is 0. The van der Waals surface area contributed by atoms with Crippen molar-refractivity contribution in [1.29, 1.82) is 0 Å². The molecule has 1 atom stereocenters. The van der Waals surface area contributed by atoms with E-state index >= 15 is 0 Å². The average molecular weight is 304 g/mol. The van der Waals surface area contributed by atoms with E-state index in [1.54, 1.807) is 13.8 Å². The summed E-state index contributed by atoms with van der Waals surface area (Å²) in [6, 6.07) is 3.51. The maximum atomic E-state index is 13.9. The van der Waals surface area contributed by atoms with Gasteiger partial charge in [0.25, 0.3) is 0 Å². The Morgan fingerprint density at radius 1 is 1.45 bits per heavy atom. The molecule has 0 aliphatic heterocycles. The lowest BCUT2D eigenvalue weighted by atomic mass is 10.2. The number of rotatable bonds is 7. The highest BCUT2D eigenvalue weighted by Crippen LogP contribution is 2.22. The molecule has 20 heavy (non-hydrogen) atoms. The monoisotopic (exact) mass is 304 g/mol. The van der Waals surface area contributed by atoms with Crippen LogP contribution in [0.2, 0.25) is 0 Å². The van der Waals surface area contributed by atoms with Gasteiger partial charge in [-0.15, -0.1) is 0 Å². The SMILES string of the molecule is CCN(C(C)COC)S(=O)(=O)c1cc(CN)ccc1F. The molecule has 1 aromatic rings. The van der Waals surface area contributed by atoms with Crippen LogP contribution in [0, 0.1) is 5.82 Å². The summed E-state index contributed by atoms with van der Waals surface area (Å²) in [6.07, 6.45) is 0. The number of methoxy groups -OCH3 is 1. The van der Waals surface area contributed by atoms with Crippen LogP contribution in [0.4, 0.5) is 4.39 Å². The molecule has 0 aliphatic rings. The van der Waals surface area contributed by atoms with E-state index in [4.69, 9.17) is 10.5 Å². The topological polar surface area (TPSA) is 72.6 Å². The number of sulfonamides is 1. The number of likely N-dealkylation sites (N-methyl/N-ethyl adjacent to an activating group) is 1. The minimum absolute atomic E-state index is 0.155. The zero-order valence-corrected chi connectivity index (χ0v) is 12.8. The van der Waals surface area contributed by atoms with Gasteiger partial charge in [-0.1, -0.05) is 13.0 Å². The number of hydrogen-bond donors (Lipinski definition) is 1. The summed E-state index contributed by atoms with van der Waals surface area (Å²) in [5.74, 6) is -0.773. The Bertz CT molecular complexity index is 549. The second-order valence-corrected chi connectivity index (χ2v) is 6.34. The molecule has 114 valence electrons. The van der Waals surface area contributed by atoms with Crippen molar-refractivity contribution in [3.8, 4) is 0 Å². The minimum atomic E-state index is -3.91. The second kappa shape index (κ2) is 7.12. The van der Waals surface area contributed by atoms with Gasteiger partial charge < -0.3 is 10.5 Å². The normalized spacial score (nSPS) is 13.7. The fourth-order valence-corrected chi connectivity index (χ4v) is 3.78. The Morgan fingerprint density at radius 3 is 2.60 bits per heavy atom. The molecule has 2 N–H and O–H groups in total. The lowest BCUT2D eigenvalue weighted by molar-refractivity contribution is 0.142. The maximum Gasteiger partial charge on any atom is 0.246 e. The molecule has 0 amide bonds. The first-order valence-corrected chi connectivity index (χ1v) is 7.81. The van der Waals surface area contributed by atoms with Crippen LogP contribution in [-0.2, 0) is 21.3 Å². The van der Waals surface area contributed by atoms with Crippen molar-refractivity contribution < 1.29 is 17.5 Å². The Hall–Kier alpha value is -1.02. The summed E-state index contributed by atoms with van der Waals surface area (Å²) in [6.45, 7) is 4.05. The molecule has 1 rings (SSSR count). The molecule has 5 nitrogen and oxygen atoms in total. The summed E-state index contributed by atoms with van der Waals surface area (Å²) in [4.78, 5) is -0.342. The van der Waals surface area contributed by atoms with Gasteiger partial charge in [-0.2, -0.15) is 4.31 Å². The molecule has 0 saturated heterocycles. The predicted octanol–water partition coefficient (Wildman–Crippen LogP) is 1.33. The molecular formula is C13H21FN2O3S. The molecule has 0 saturated carbocycles. The van der Waals surface area contributed by atoms with Crippen LogP contribution in [0.15, 0.2) is 23.1 Å². The van der Waals surface area contributed by atoms with Crippen LogP contribution in [0.1, 0.15) is 19.4 Å². The fraction of sp³-hybridized carbons (Fsp3) is 0.538. The van der Waals surface area contributed by atoms with Crippen LogP contribution >= 0.6 is 0 Å². The van der Waals surface area contributed by atoms with Crippen LogP contribution in [0.3, 0.4) is 0 Å². The third kappa shape index (κ3) is 3.54. The maximum absolute atomic E-state index is 13.9. The Balaban J connectivity index is 3.26. The fourth-order valence-electron chi connectivity index (χ4n) is 2.04. The molecule has 0 radical (unpaired) electrons. The number of benzene rings is 1. The van der Waals surface area contributed by atoms with Crippen molar-refractivity contribution >= 4 is 10.0 Å². The van der Waals surface area contributed by atoms with Gasteiger partial charge in [0.15, 0.2) is 0 Å². The van der Waals surface area contributed by atoms with Crippen molar-refractivity contribution in [1.82, 2.24) is 4.31 Å². The van der Waals surface area contributed by atoms with Gasteiger partial charge in [0.1, 0.15) is 10.7 Å². The molecule has 0 bridgehead atoms. The van der Waals surface area contributed by atoms with E-state index in [1.165, 1.54) is 23.5 Å². The zero-order chi connectivity index (χ0) is 15.3. The first kappa shape index (κ1) is 17.0. The van der Waals surface area contributed by atoms with Crippen LogP contribution < -0.4 is 5.73 Å². The summed E-state index contributed by atoms with van der Waals surface area (Å²) in [5.41, 5.74) is 6.05. The van der Waals surface area contributed by atoms with Gasteiger partial charge in [0.2, 0.25) is 10.0 Å².